The second kappa shape index (κ2) is 29.8. The maximum atomic E-state index is 11.4. The van der Waals surface area contributed by atoms with Crippen molar-refractivity contribution in [3.63, 3.8) is 0 Å². The van der Waals surface area contributed by atoms with E-state index in [0.29, 0.717) is 52.9 Å². The molecular formula is C43H79LaO11. The summed E-state index contributed by atoms with van der Waals surface area (Å²) in [6.07, 6.45) is 3.67. The number of carbonyl (C=O) groups is 6. The molecule has 0 rings (SSSR count). The van der Waals surface area contributed by atoms with Crippen LogP contribution in [0.2, 0.25) is 0 Å². The van der Waals surface area contributed by atoms with E-state index in [-0.39, 0.29) is 70.3 Å². The molecule has 11 nitrogen and oxygen atoms in total. The van der Waals surface area contributed by atoms with Crippen LogP contribution in [-0.4, -0.2) is 102 Å². The first-order valence-electron chi connectivity index (χ1n) is 18.6. The van der Waals surface area contributed by atoms with E-state index in [9.17, 15) is 28.8 Å². The van der Waals surface area contributed by atoms with Gasteiger partial charge < -0.3 is 52.5 Å². The summed E-state index contributed by atoms with van der Waals surface area (Å²) in [5.74, 6) is -0.625. The Labute approximate surface area is 364 Å². The van der Waals surface area contributed by atoms with Crippen molar-refractivity contribution in [2.24, 2.45) is 32.5 Å². The molecule has 0 bridgehead atoms. The van der Waals surface area contributed by atoms with Crippen molar-refractivity contribution >= 4 is 34.7 Å². The summed E-state index contributed by atoms with van der Waals surface area (Å²) < 4.78 is 25.3. The van der Waals surface area contributed by atoms with E-state index in [2.05, 4.69) is 0 Å². The molecule has 0 aromatic heterocycles. The van der Waals surface area contributed by atoms with Gasteiger partial charge in [0.25, 0.3) is 0 Å². The van der Waals surface area contributed by atoms with Gasteiger partial charge in [0.05, 0.1) is 52.9 Å². The van der Waals surface area contributed by atoms with Gasteiger partial charge in [0.1, 0.15) is 0 Å². The molecule has 0 radical (unpaired) electrons. The fraction of sp³-hybridized carbons (Fsp3) is 0.791. The third-order valence-corrected chi connectivity index (χ3v) is 6.83. The standard InChI is InChI=1S/3C11H19O2.C10H22O5.La/c3*1-10(2,3)8(12)7-9(13)11(4,5)6;1-11-3-5-13-7-9-15-10-8-14-6-4-12-2;/h3*7H,1-6H3;3-10H2,1-2H3;/q3*-1;;+3. The molecule has 0 spiro atoms. The minimum absolute atomic E-state index is 0. The third-order valence-electron chi connectivity index (χ3n) is 6.83. The van der Waals surface area contributed by atoms with Gasteiger partial charge in [-0.25, -0.2) is 0 Å². The van der Waals surface area contributed by atoms with Gasteiger partial charge in [0.2, 0.25) is 0 Å². The van der Waals surface area contributed by atoms with Crippen molar-refractivity contribution in [3.05, 3.63) is 19.3 Å². The molecule has 0 aromatic rings. The van der Waals surface area contributed by atoms with Crippen LogP contribution in [0.3, 0.4) is 0 Å². The van der Waals surface area contributed by atoms with Gasteiger partial charge in [-0.2, -0.15) is 0 Å². The average Bonchev–Trinajstić information content (AvgIpc) is 2.98. The van der Waals surface area contributed by atoms with Crippen LogP contribution in [0.15, 0.2) is 0 Å². The van der Waals surface area contributed by atoms with Gasteiger partial charge in [0, 0.05) is 48.9 Å². The van der Waals surface area contributed by atoms with E-state index < -0.39 is 32.5 Å². The van der Waals surface area contributed by atoms with Gasteiger partial charge in [-0.05, 0) is 32.5 Å². The summed E-state index contributed by atoms with van der Waals surface area (Å²) in [5, 5.41) is 0. The number of rotatable bonds is 18. The first kappa shape index (κ1) is 62.8. The van der Waals surface area contributed by atoms with Gasteiger partial charge in [-0.15, -0.1) is 0 Å². The number of Topliss-reactive ketones (excluding diaryl/α,β-unsaturated/α-hetero) is 6. The van der Waals surface area contributed by atoms with E-state index in [1.807, 2.05) is 125 Å². The van der Waals surface area contributed by atoms with Crippen molar-refractivity contribution in [2.75, 3.05) is 67.1 Å². The molecule has 0 amide bonds. The largest absolute Gasteiger partial charge is 3.00 e. The molecule has 0 aromatic carbocycles. The fourth-order valence-corrected chi connectivity index (χ4v) is 2.48. The third kappa shape index (κ3) is 39.2. The van der Waals surface area contributed by atoms with Crippen LogP contribution in [0.25, 0.3) is 0 Å². The number of ketones is 6. The Morgan fingerprint density at radius 1 is 0.309 bits per heavy atom. The van der Waals surface area contributed by atoms with Crippen LogP contribution in [0.4, 0.5) is 0 Å². The second-order valence-electron chi connectivity index (χ2n) is 18.9. The Hall–Kier alpha value is -1.38. The Balaban J connectivity index is -0.000000201. The summed E-state index contributed by atoms with van der Waals surface area (Å²) in [7, 11) is 3.30. The molecule has 320 valence electrons. The van der Waals surface area contributed by atoms with Gasteiger partial charge in [-0.3, -0.25) is 19.3 Å². The number of methoxy groups -OCH3 is 2. The van der Waals surface area contributed by atoms with Crippen LogP contribution < -0.4 is 0 Å². The summed E-state index contributed by atoms with van der Waals surface area (Å²) in [5.41, 5.74) is -2.74. The molecule has 0 saturated carbocycles. The fourth-order valence-electron chi connectivity index (χ4n) is 2.48. The van der Waals surface area contributed by atoms with E-state index >= 15 is 0 Å². The maximum Gasteiger partial charge on any atom is 3.00 e. The van der Waals surface area contributed by atoms with Crippen molar-refractivity contribution in [1.29, 1.82) is 0 Å². The zero-order chi connectivity index (χ0) is 43.8. The molecule has 0 N–H and O–H groups in total. The van der Waals surface area contributed by atoms with Crippen molar-refractivity contribution in [2.45, 2.75) is 125 Å². The normalized spacial score (nSPS) is 11.8. The topological polar surface area (TPSA) is 149 Å². The number of carbonyl (C=O) groups excluding carboxylic acids is 6. The molecule has 0 aliphatic carbocycles. The van der Waals surface area contributed by atoms with Gasteiger partial charge >= 0.3 is 35.6 Å². The molecule has 0 aliphatic heterocycles. The SMILES string of the molecule is CC(C)(C)C(=O)[CH-]C(=O)C(C)(C)C.CC(C)(C)C(=O)[CH-]C(=O)C(C)(C)C.CC(C)(C)C(=O)[CH-]C(=O)C(C)(C)C.COCCOCCOCCOCCOC.[La+3]. The van der Waals surface area contributed by atoms with E-state index in [1.165, 1.54) is 19.3 Å². The van der Waals surface area contributed by atoms with Crippen LogP contribution in [-0.2, 0) is 52.5 Å². The average molecular weight is 911 g/mol. The first-order chi connectivity index (χ1) is 24.1. The summed E-state index contributed by atoms with van der Waals surface area (Å²) >= 11 is 0. The molecule has 55 heavy (non-hydrogen) atoms. The van der Waals surface area contributed by atoms with Crippen molar-refractivity contribution in [1.82, 2.24) is 0 Å². The minimum Gasteiger partial charge on any atom is -0.382 e. The monoisotopic (exact) mass is 910 g/mol. The molecule has 0 unspecified atom stereocenters. The quantitative estimate of drug-likeness (QED) is 0.0761. The van der Waals surface area contributed by atoms with Crippen molar-refractivity contribution in [3.8, 4) is 0 Å². The van der Waals surface area contributed by atoms with Crippen LogP contribution in [0, 0.1) is 87.4 Å². The van der Waals surface area contributed by atoms with E-state index in [0.717, 1.165) is 0 Å². The van der Waals surface area contributed by atoms with Crippen molar-refractivity contribution < 1.29 is 88.1 Å². The predicted molar refractivity (Wildman–Crippen MR) is 216 cm³/mol. The second-order valence-corrected chi connectivity index (χ2v) is 18.9. The molecule has 0 heterocycles. The summed E-state index contributed by atoms with van der Waals surface area (Å²) in [6.45, 7) is 37.4. The minimum atomic E-state index is -0.457. The summed E-state index contributed by atoms with van der Waals surface area (Å²) in [6, 6.07) is 0. The molecular weight excluding hydrogens is 831 g/mol. The molecule has 0 aliphatic rings. The Bertz CT molecular complexity index is 900. The summed E-state index contributed by atoms with van der Waals surface area (Å²) in [4.78, 5) is 68.7. The van der Waals surface area contributed by atoms with Gasteiger partial charge in [-0.1, -0.05) is 125 Å². The zero-order valence-corrected chi connectivity index (χ0v) is 42.1. The molecule has 0 atom stereocenters. The predicted octanol–water partition coefficient (Wildman–Crippen LogP) is 7.59. The number of hydrogen-bond donors (Lipinski definition) is 0. The van der Waals surface area contributed by atoms with Gasteiger partial charge in [0.15, 0.2) is 0 Å². The Morgan fingerprint density at radius 3 is 0.545 bits per heavy atom. The Morgan fingerprint density at radius 2 is 0.436 bits per heavy atom. The maximum absolute atomic E-state index is 11.4. The smallest absolute Gasteiger partial charge is 0.382 e. The van der Waals surface area contributed by atoms with E-state index in [4.69, 9.17) is 23.7 Å². The van der Waals surface area contributed by atoms with E-state index in [1.54, 1.807) is 14.2 Å². The van der Waals surface area contributed by atoms with Crippen LogP contribution in [0.5, 0.6) is 0 Å². The number of ether oxygens (including phenoxy) is 5. The number of hydrogen-bond acceptors (Lipinski definition) is 11. The zero-order valence-electron chi connectivity index (χ0n) is 38.5. The molecule has 12 heteroatoms. The molecule has 0 saturated heterocycles. The first-order valence-corrected chi connectivity index (χ1v) is 18.6. The van der Waals surface area contributed by atoms with Crippen LogP contribution >= 0.6 is 0 Å². The Kier molecular flexibility index (Phi) is 34.0. The molecule has 0 fully saturated rings. The van der Waals surface area contributed by atoms with Crippen LogP contribution in [0.1, 0.15) is 125 Å².